The SMILES string of the molecule is CCCN(CC[CH2][In]([CH3])[CH2]CCN(C)C)C(C)C. The average molecular weight is 358 g/mol. The van der Waals surface area contributed by atoms with Gasteiger partial charge in [0.15, 0.2) is 0 Å². The molecule has 0 atom stereocenters. The first-order valence-corrected chi connectivity index (χ1v) is 15.8. The third kappa shape index (κ3) is 10.7. The van der Waals surface area contributed by atoms with Crippen molar-refractivity contribution < 1.29 is 0 Å². The fourth-order valence-corrected chi connectivity index (χ4v) is 8.30. The van der Waals surface area contributed by atoms with Crippen LogP contribution in [0.3, 0.4) is 0 Å². The first kappa shape index (κ1) is 18.8. The Kier molecular flexibility index (Phi) is 12.1. The molecule has 0 aromatic rings. The van der Waals surface area contributed by atoms with E-state index in [0.717, 1.165) is 6.04 Å². The zero-order valence-electron chi connectivity index (χ0n) is 13.7. The van der Waals surface area contributed by atoms with Gasteiger partial charge in [-0.1, -0.05) is 0 Å². The van der Waals surface area contributed by atoms with E-state index in [-0.39, 0.29) is 0 Å². The van der Waals surface area contributed by atoms with Crippen molar-refractivity contribution in [1.29, 1.82) is 0 Å². The van der Waals surface area contributed by atoms with Crippen LogP contribution in [-0.4, -0.2) is 71.0 Å². The van der Waals surface area contributed by atoms with Crippen LogP contribution in [0.25, 0.3) is 0 Å². The zero-order valence-corrected chi connectivity index (χ0v) is 17.0. The molecule has 0 spiro atoms. The molecule has 0 aliphatic carbocycles. The molecule has 0 aromatic heterocycles. The van der Waals surface area contributed by atoms with Crippen LogP contribution in [0.1, 0.15) is 40.0 Å². The third-order valence-corrected chi connectivity index (χ3v) is 11.6. The molecule has 0 N–H and O–H groups in total. The van der Waals surface area contributed by atoms with E-state index < -0.39 is 21.4 Å². The van der Waals surface area contributed by atoms with Gasteiger partial charge in [-0.25, -0.2) is 0 Å². The Labute approximate surface area is 124 Å². The standard InChI is InChI=1S/C9H20N.C5H12N.CH3.In/c1-5-7-10(8-6-2)9(3)4;1-4-5-6(2)3;;/h9H,1,5-8H2,2-4H3;1,4-5H2,2-3H3;1H3;. The summed E-state index contributed by atoms with van der Waals surface area (Å²) in [6.07, 6.45) is 4.18. The van der Waals surface area contributed by atoms with Crippen LogP contribution in [0, 0.1) is 0 Å². The maximum absolute atomic E-state index is 2.65. The van der Waals surface area contributed by atoms with Gasteiger partial charge in [-0.3, -0.25) is 0 Å². The molecule has 18 heavy (non-hydrogen) atoms. The van der Waals surface area contributed by atoms with E-state index in [1.165, 1.54) is 38.9 Å². The first-order valence-electron chi connectivity index (χ1n) is 7.86. The van der Waals surface area contributed by atoms with E-state index >= 15 is 0 Å². The minimum absolute atomic E-state index is 0.726. The van der Waals surface area contributed by atoms with Crippen LogP contribution in [0.5, 0.6) is 0 Å². The summed E-state index contributed by atoms with van der Waals surface area (Å²) in [5, 5.41) is 0. The molecular formula is C15H35InN2. The molecule has 0 unspecified atom stereocenters. The van der Waals surface area contributed by atoms with Crippen LogP contribution >= 0.6 is 0 Å². The molecule has 108 valence electrons. The van der Waals surface area contributed by atoms with E-state index in [0.29, 0.717) is 0 Å². The fourth-order valence-electron chi connectivity index (χ4n) is 2.46. The molecular weight excluding hydrogens is 323 g/mol. The molecule has 0 radical (unpaired) electrons. The molecule has 0 heterocycles. The summed E-state index contributed by atoms with van der Waals surface area (Å²) >= 11 is -1.10. The monoisotopic (exact) mass is 358 g/mol. The molecule has 0 aliphatic rings. The van der Waals surface area contributed by atoms with E-state index in [9.17, 15) is 0 Å². The Morgan fingerprint density at radius 1 is 0.944 bits per heavy atom. The maximum atomic E-state index is 2.65. The van der Waals surface area contributed by atoms with Crippen LogP contribution in [0.2, 0.25) is 13.0 Å². The number of hydrogen-bond donors (Lipinski definition) is 0. The van der Waals surface area contributed by atoms with E-state index in [1.807, 2.05) is 0 Å². The summed E-state index contributed by atoms with van der Waals surface area (Å²) in [5.41, 5.74) is 0. The molecule has 0 aromatic carbocycles. The Hall–Kier alpha value is 0.790. The number of rotatable bonds is 11. The summed E-state index contributed by atoms with van der Waals surface area (Å²) in [6.45, 7) is 10.9. The summed E-state index contributed by atoms with van der Waals surface area (Å²) in [6, 6.07) is 0.726. The van der Waals surface area contributed by atoms with Crippen molar-refractivity contribution in [3.05, 3.63) is 0 Å². The van der Waals surface area contributed by atoms with Crippen molar-refractivity contribution in [2.45, 2.75) is 59.1 Å². The Morgan fingerprint density at radius 3 is 1.94 bits per heavy atom. The third-order valence-electron chi connectivity index (χ3n) is 3.69. The van der Waals surface area contributed by atoms with Crippen molar-refractivity contribution in [3.8, 4) is 0 Å². The summed E-state index contributed by atoms with van der Waals surface area (Å²) in [4.78, 5) is 4.97. The van der Waals surface area contributed by atoms with Gasteiger partial charge in [0.2, 0.25) is 0 Å². The molecule has 0 rings (SSSR count). The van der Waals surface area contributed by atoms with Crippen molar-refractivity contribution in [3.63, 3.8) is 0 Å². The molecule has 3 heteroatoms. The van der Waals surface area contributed by atoms with Crippen molar-refractivity contribution in [1.82, 2.24) is 9.80 Å². The summed E-state index contributed by atoms with van der Waals surface area (Å²) < 4.78 is 5.81. The average Bonchev–Trinajstić information content (AvgIpc) is 2.27. The van der Waals surface area contributed by atoms with Crippen LogP contribution in [-0.2, 0) is 0 Å². The van der Waals surface area contributed by atoms with E-state index in [1.54, 1.807) is 8.35 Å². The quantitative estimate of drug-likeness (QED) is 0.557. The van der Waals surface area contributed by atoms with Crippen LogP contribution in [0.4, 0.5) is 0 Å². The molecule has 0 saturated heterocycles. The predicted octanol–water partition coefficient (Wildman–Crippen LogP) is 3.57. The summed E-state index contributed by atoms with van der Waals surface area (Å²) in [5.74, 6) is 0. The van der Waals surface area contributed by atoms with Gasteiger partial charge in [0.1, 0.15) is 0 Å². The zero-order chi connectivity index (χ0) is 14.0. The second-order valence-electron chi connectivity index (χ2n) is 6.32. The molecule has 0 saturated carbocycles. The van der Waals surface area contributed by atoms with Gasteiger partial charge in [0, 0.05) is 0 Å². The second kappa shape index (κ2) is 11.6. The van der Waals surface area contributed by atoms with Gasteiger partial charge in [-0.15, -0.1) is 0 Å². The Balaban J connectivity index is 3.61. The van der Waals surface area contributed by atoms with Gasteiger partial charge >= 0.3 is 124 Å². The molecule has 0 amide bonds. The summed E-state index contributed by atoms with van der Waals surface area (Å²) in [7, 11) is 4.37. The number of hydrogen-bond acceptors (Lipinski definition) is 2. The number of nitrogens with zero attached hydrogens (tertiary/aromatic N) is 2. The Morgan fingerprint density at radius 2 is 1.50 bits per heavy atom. The predicted molar refractivity (Wildman–Crippen MR) is 86.0 cm³/mol. The van der Waals surface area contributed by atoms with Crippen molar-refractivity contribution in [2.75, 3.05) is 33.7 Å². The van der Waals surface area contributed by atoms with Crippen LogP contribution in [0.15, 0.2) is 0 Å². The van der Waals surface area contributed by atoms with Gasteiger partial charge in [-0.2, -0.15) is 0 Å². The van der Waals surface area contributed by atoms with Crippen molar-refractivity contribution >= 4 is 21.4 Å². The first-order chi connectivity index (χ1) is 8.47. The molecule has 0 fully saturated rings. The topological polar surface area (TPSA) is 6.48 Å². The van der Waals surface area contributed by atoms with Gasteiger partial charge in [0.05, 0.1) is 0 Å². The Bertz CT molecular complexity index is 183. The molecule has 0 bridgehead atoms. The fraction of sp³-hybridized carbons (Fsp3) is 1.00. The molecule has 0 aliphatic heterocycles. The van der Waals surface area contributed by atoms with Gasteiger partial charge < -0.3 is 0 Å². The molecule has 2 nitrogen and oxygen atoms in total. The van der Waals surface area contributed by atoms with E-state index in [4.69, 9.17) is 0 Å². The normalized spacial score (nSPS) is 11.8. The minimum atomic E-state index is -1.10. The second-order valence-corrected chi connectivity index (χ2v) is 15.9. The van der Waals surface area contributed by atoms with Gasteiger partial charge in [0.25, 0.3) is 0 Å². The van der Waals surface area contributed by atoms with Crippen LogP contribution < -0.4 is 0 Å². The van der Waals surface area contributed by atoms with Gasteiger partial charge in [-0.05, 0) is 0 Å². The van der Waals surface area contributed by atoms with E-state index in [2.05, 4.69) is 49.3 Å². The van der Waals surface area contributed by atoms with Crippen molar-refractivity contribution in [2.24, 2.45) is 0 Å².